The average Bonchev–Trinajstić information content (AvgIpc) is 3.15. The van der Waals surface area contributed by atoms with Crippen molar-refractivity contribution in [2.24, 2.45) is 0 Å². The van der Waals surface area contributed by atoms with Gasteiger partial charge in [0.25, 0.3) is 0 Å². The Morgan fingerprint density at radius 1 is 1.00 bits per heavy atom. The summed E-state index contributed by atoms with van der Waals surface area (Å²) in [5.74, 6) is 0. The number of rotatable bonds is 7. The van der Waals surface area contributed by atoms with Crippen LogP contribution in [0.4, 0.5) is 0 Å². The second-order valence-corrected chi connectivity index (χ2v) is 5.98. The van der Waals surface area contributed by atoms with E-state index in [-0.39, 0.29) is 0 Å². The Labute approximate surface area is 107 Å². The summed E-state index contributed by atoms with van der Waals surface area (Å²) in [7, 11) is 0. The van der Waals surface area contributed by atoms with E-state index in [0.717, 1.165) is 18.1 Å². The van der Waals surface area contributed by atoms with Gasteiger partial charge in [0.1, 0.15) is 0 Å². The van der Waals surface area contributed by atoms with Crippen LogP contribution in [0.5, 0.6) is 0 Å². The number of hydrogen-bond acceptors (Lipinski definition) is 2. The van der Waals surface area contributed by atoms with Crippen molar-refractivity contribution in [2.75, 3.05) is 13.1 Å². The first-order chi connectivity index (χ1) is 8.33. The highest BCUT2D eigenvalue weighted by atomic mass is 15.2. The van der Waals surface area contributed by atoms with Crippen LogP contribution >= 0.6 is 0 Å². The normalized spacial score (nSPS) is 23.5. The second kappa shape index (κ2) is 6.75. The molecule has 2 heteroatoms. The molecular formula is C15H30N2. The molecule has 0 atom stereocenters. The number of nitrogens with zero attached hydrogens (tertiary/aromatic N) is 1. The van der Waals surface area contributed by atoms with Crippen LogP contribution in [-0.4, -0.2) is 36.1 Å². The van der Waals surface area contributed by atoms with E-state index in [0.29, 0.717) is 0 Å². The molecule has 0 radical (unpaired) electrons. The Morgan fingerprint density at radius 2 is 1.59 bits per heavy atom. The van der Waals surface area contributed by atoms with Crippen molar-refractivity contribution in [2.45, 2.75) is 83.3 Å². The van der Waals surface area contributed by atoms with Gasteiger partial charge in [0.05, 0.1) is 0 Å². The fourth-order valence-corrected chi connectivity index (χ4v) is 3.21. The standard InChI is InChI=1S/C15H30N2/c1-3-5-13(6-4-2)16-14-9-11-17(12-10-14)15-7-8-15/h13-16H,3-12H2,1-2H3. The van der Waals surface area contributed by atoms with Crippen molar-refractivity contribution in [1.82, 2.24) is 10.2 Å². The van der Waals surface area contributed by atoms with Gasteiger partial charge in [0.15, 0.2) is 0 Å². The van der Waals surface area contributed by atoms with Crippen LogP contribution in [0.3, 0.4) is 0 Å². The van der Waals surface area contributed by atoms with Crippen molar-refractivity contribution in [3.8, 4) is 0 Å². The molecule has 0 bridgehead atoms. The first-order valence-electron chi connectivity index (χ1n) is 7.83. The SMILES string of the molecule is CCCC(CCC)NC1CCN(C2CC2)CC1. The van der Waals surface area contributed by atoms with Crippen LogP contribution < -0.4 is 5.32 Å². The molecule has 1 N–H and O–H groups in total. The molecule has 2 fully saturated rings. The van der Waals surface area contributed by atoms with Gasteiger partial charge < -0.3 is 10.2 Å². The van der Waals surface area contributed by atoms with Gasteiger partial charge in [-0.2, -0.15) is 0 Å². The van der Waals surface area contributed by atoms with Crippen LogP contribution in [0.25, 0.3) is 0 Å². The maximum Gasteiger partial charge on any atom is 0.00964 e. The molecule has 2 nitrogen and oxygen atoms in total. The molecule has 100 valence electrons. The minimum Gasteiger partial charge on any atom is -0.311 e. The van der Waals surface area contributed by atoms with Crippen molar-refractivity contribution in [3.05, 3.63) is 0 Å². The zero-order valence-electron chi connectivity index (χ0n) is 11.8. The smallest absolute Gasteiger partial charge is 0.00964 e. The highest BCUT2D eigenvalue weighted by Gasteiger charge is 2.31. The van der Waals surface area contributed by atoms with E-state index >= 15 is 0 Å². The predicted molar refractivity (Wildman–Crippen MR) is 74.4 cm³/mol. The summed E-state index contributed by atoms with van der Waals surface area (Å²) >= 11 is 0. The van der Waals surface area contributed by atoms with Crippen molar-refractivity contribution in [1.29, 1.82) is 0 Å². The first kappa shape index (κ1) is 13.4. The zero-order valence-corrected chi connectivity index (χ0v) is 11.8. The summed E-state index contributed by atoms with van der Waals surface area (Å²) < 4.78 is 0. The molecule has 17 heavy (non-hydrogen) atoms. The topological polar surface area (TPSA) is 15.3 Å². The van der Waals surface area contributed by atoms with Crippen LogP contribution in [0.2, 0.25) is 0 Å². The maximum absolute atomic E-state index is 3.91. The highest BCUT2D eigenvalue weighted by Crippen LogP contribution is 2.29. The Morgan fingerprint density at radius 3 is 2.06 bits per heavy atom. The Hall–Kier alpha value is -0.0800. The van der Waals surface area contributed by atoms with Gasteiger partial charge in [-0.25, -0.2) is 0 Å². The Kier molecular flexibility index (Phi) is 5.30. The average molecular weight is 238 g/mol. The largest absolute Gasteiger partial charge is 0.311 e. The van der Waals surface area contributed by atoms with Crippen LogP contribution in [-0.2, 0) is 0 Å². The lowest BCUT2D eigenvalue weighted by Crippen LogP contribution is -2.46. The van der Waals surface area contributed by atoms with E-state index in [1.54, 1.807) is 0 Å². The summed E-state index contributed by atoms with van der Waals surface area (Å²) in [5.41, 5.74) is 0. The molecule has 0 aromatic heterocycles. The molecule has 0 aromatic carbocycles. The minimum absolute atomic E-state index is 0.780. The minimum atomic E-state index is 0.780. The van der Waals surface area contributed by atoms with Crippen LogP contribution in [0.1, 0.15) is 65.2 Å². The van der Waals surface area contributed by atoms with Gasteiger partial charge >= 0.3 is 0 Å². The summed E-state index contributed by atoms with van der Waals surface area (Å²) in [6, 6.07) is 2.55. The fraction of sp³-hybridized carbons (Fsp3) is 1.00. The summed E-state index contributed by atoms with van der Waals surface area (Å²) in [4.78, 5) is 2.72. The lowest BCUT2D eigenvalue weighted by molar-refractivity contribution is 0.180. The third-order valence-electron chi connectivity index (χ3n) is 4.34. The van der Waals surface area contributed by atoms with Crippen LogP contribution in [0.15, 0.2) is 0 Å². The van der Waals surface area contributed by atoms with E-state index in [4.69, 9.17) is 0 Å². The quantitative estimate of drug-likeness (QED) is 0.733. The molecular weight excluding hydrogens is 208 g/mol. The molecule has 0 spiro atoms. The monoisotopic (exact) mass is 238 g/mol. The van der Waals surface area contributed by atoms with Crippen molar-refractivity contribution < 1.29 is 0 Å². The lowest BCUT2D eigenvalue weighted by Gasteiger charge is -2.34. The molecule has 0 unspecified atom stereocenters. The van der Waals surface area contributed by atoms with E-state index in [1.807, 2.05) is 0 Å². The molecule has 0 aromatic rings. The van der Waals surface area contributed by atoms with E-state index in [1.165, 1.54) is 64.5 Å². The Balaban J connectivity index is 1.67. The zero-order chi connectivity index (χ0) is 12.1. The maximum atomic E-state index is 3.91. The van der Waals surface area contributed by atoms with Gasteiger partial charge in [-0.05, 0) is 51.6 Å². The summed E-state index contributed by atoms with van der Waals surface area (Å²) in [6.07, 6.45) is 11.0. The van der Waals surface area contributed by atoms with Gasteiger partial charge in [-0.3, -0.25) is 0 Å². The van der Waals surface area contributed by atoms with Gasteiger partial charge in [0.2, 0.25) is 0 Å². The molecule has 0 amide bonds. The molecule has 1 aliphatic heterocycles. The summed E-state index contributed by atoms with van der Waals surface area (Å²) in [5, 5.41) is 3.91. The van der Waals surface area contributed by atoms with Gasteiger partial charge in [-0.1, -0.05) is 26.7 Å². The number of piperidine rings is 1. The van der Waals surface area contributed by atoms with E-state index < -0.39 is 0 Å². The molecule has 1 aliphatic carbocycles. The van der Waals surface area contributed by atoms with Crippen molar-refractivity contribution >= 4 is 0 Å². The number of nitrogens with one attached hydrogen (secondary N) is 1. The molecule has 1 heterocycles. The Bertz CT molecular complexity index is 199. The summed E-state index contributed by atoms with van der Waals surface area (Å²) in [6.45, 7) is 7.29. The van der Waals surface area contributed by atoms with Gasteiger partial charge in [-0.15, -0.1) is 0 Å². The third kappa shape index (κ3) is 4.26. The van der Waals surface area contributed by atoms with Crippen LogP contribution in [0, 0.1) is 0 Å². The molecule has 1 saturated heterocycles. The fourth-order valence-electron chi connectivity index (χ4n) is 3.21. The predicted octanol–water partition coefficient (Wildman–Crippen LogP) is 3.17. The number of hydrogen-bond donors (Lipinski definition) is 1. The lowest BCUT2D eigenvalue weighted by atomic mass is 10.0. The van der Waals surface area contributed by atoms with Crippen molar-refractivity contribution in [3.63, 3.8) is 0 Å². The molecule has 2 aliphatic rings. The van der Waals surface area contributed by atoms with E-state index in [2.05, 4.69) is 24.1 Å². The highest BCUT2D eigenvalue weighted by molar-refractivity contribution is 4.89. The van der Waals surface area contributed by atoms with Gasteiger partial charge in [0, 0.05) is 18.1 Å². The third-order valence-corrected chi connectivity index (χ3v) is 4.34. The molecule has 1 saturated carbocycles. The molecule has 2 rings (SSSR count). The second-order valence-electron chi connectivity index (χ2n) is 5.98. The number of likely N-dealkylation sites (tertiary alicyclic amines) is 1. The van der Waals surface area contributed by atoms with E-state index in [9.17, 15) is 0 Å². The first-order valence-corrected chi connectivity index (χ1v) is 7.83.